The van der Waals surface area contributed by atoms with Crippen LogP contribution >= 0.6 is 11.8 Å². The van der Waals surface area contributed by atoms with Crippen molar-refractivity contribution in [2.24, 2.45) is 0 Å². The molecule has 33 heavy (non-hydrogen) atoms. The first kappa shape index (κ1) is 21.2. The van der Waals surface area contributed by atoms with Crippen molar-refractivity contribution in [3.8, 4) is 11.4 Å². The Bertz CT molecular complexity index is 1260. The van der Waals surface area contributed by atoms with E-state index in [2.05, 4.69) is 27.9 Å². The lowest BCUT2D eigenvalue weighted by Gasteiger charge is -2.33. The monoisotopic (exact) mass is 459 g/mol. The Kier molecular flexibility index (Phi) is 5.83. The van der Waals surface area contributed by atoms with E-state index < -0.39 is 11.3 Å². The van der Waals surface area contributed by atoms with Crippen molar-refractivity contribution < 1.29 is 9.18 Å². The maximum Gasteiger partial charge on any atom is 0.240 e. The van der Waals surface area contributed by atoms with Gasteiger partial charge in [0.05, 0.1) is 6.04 Å². The number of rotatable bonds is 5. The highest BCUT2D eigenvalue weighted by molar-refractivity contribution is 8.00. The van der Waals surface area contributed by atoms with Crippen molar-refractivity contribution in [1.29, 1.82) is 0 Å². The highest BCUT2D eigenvalue weighted by atomic mass is 32.2. The molecule has 0 bridgehead atoms. The Labute approximate surface area is 195 Å². The van der Waals surface area contributed by atoms with Crippen LogP contribution in [0.15, 0.2) is 84.0 Å². The highest BCUT2D eigenvalue weighted by Gasteiger charge is 2.38. The van der Waals surface area contributed by atoms with Gasteiger partial charge in [-0.3, -0.25) is 4.79 Å². The third-order valence-electron chi connectivity index (χ3n) is 5.59. The van der Waals surface area contributed by atoms with Crippen LogP contribution in [-0.4, -0.2) is 26.0 Å². The first-order valence-electron chi connectivity index (χ1n) is 10.7. The predicted molar refractivity (Wildman–Crippen MR) is 128 cm³/mol. The minimum absolute atomic E-state index is 0.165. The lowest BCUT2D eigenvalue weighted by Crippen LogP contribution is -2.41. The molecule has 0 unspecified atom stereocenters. The number of aromatic nitrogens is 3. The fraction of sp³-hybridized carbons (Fsp3) is 0.160. The molecule has 1 aromatic heterocycles. The van der Waals surface area contributed by atoms with Crippen molar-refractivity contribution in [3.63, 3.8) is 0 Å². The molecule has 5 rings (SSSR count). The van der Waals surface area contributed by atoms with Gasteiger partial charge in [0, 0.05) is 11.3 Å². The molecule has 1 aliphatic heterocycles. The minimum atomic E-state index is -0.540. The number of anilines is 1. The smallest absolute Gasteiger partial charge is 0.240 e. The van der Waals surface area contributed by atoms with E-state index in [0.29, 0.717) is 11.0 Å². The van der Waals surface area contributed by atoms with Crippen LogP contribution in [0.25, 0.3) is 11.4 Å². The van der Waals surface area contributed by atoms with E-state index in [1.165, 1.54) is 29.5 Å². The van der Waals surface area contributed by atoms with Crippen LogP contribution in [0.1, 0.15) is 24.1 Å². The van der Waals surface area contributed by atoms with Gasteiger partial charge in [0.15, 0.2) is 5.82 Å². The number of aryl methyl sites for hydroxylation is 1. The molecular formula is C25H22FN5OS. The number of fused-ring (bicyclic) bond motifs is 1. The number of carbonyl (C=O) groups is 1. The molecular weight excluding hydrogens is 437 g/mol. The summed E-state index contributed by atoms with van der Waals surface area (Å²) in [5.41, 5.74) is 7.03. The average molecular weight is 460 g/mol. The van der Waals surface area contributed by atoms with Crippen LogP contribution in [0.2, 0.25) is 0 Å². The number of thioether (sulfide) groups is 1. The number of nitrogens with zero attached hydrogens (tertiary/aromatic N) is 3. The second kappa shape index (κ2) is 9.07. The van der Waals surface area contributed by atoms with Gasteiger partial charge in [-0.25, -0.2) is 9.07 Å². The van der Waals surface area contributed by atoms with Crippen molar-refractivity contribution in [2.45, 2.75) is 29.8 Å². The molecule has 8 heteroatoms. The Morgan fingerprint density at radius 2 is 1.76 bits per heavy atom. The Balaban J connectivity index is 1.48. The molecule has 0 radical (unpaired) electrons. The fourth-order valence-electron chi connectivity index (χ4n) is 3.79. The standard InChI is InChI=1S/C25H22FN5OS/c1-2-16-8-14-20(15-9-16)27-24(32)22-21(17-10-12-19(26)13-11-17)30-31-23(28-29-25(31)33-22)18-6-4-3-5-7-18/h3-15,21-22,30H,2H2,1H3,(H,27,32)/t21-,22-/m0/s1. The highest BCUT2D eigenvalue weighted by Crippen LogP contribution is 2.39. The zero-order valence-electron chi connectivity index (χ0n) is 17.9. The summed E-state index contributed by atoms with van der Waals surface area (Å²) in [5, 5.41) is 11.7. The first-order valence-corrected chi connectivity index (χ1v) is 11.6. The molecule has 1 aliphatic rings. The van der Waals surface area contributed by atoms with Crippen LogP contribution in [0.3, 0.4) is 0 Å². The van der Waals surface area contributed by atoms with Gasteiger partial charge in [0.1, 0.15) is 11.1 Å². The van der Waals surface area contributed by atoms with Crippen LogP contribution in [-0.2, 0) is 11.2 Å². The second-order valence-electron chi connectivity index (χ2n) is 7.74. The van der Waals surface area contributed by atoms with Crippen LogP contribution in [0.5, 0.6) is 0 Å². The molecule has 1 amide bonds. The number of amides is 1. The van der Waals surface area contributed by atoms with E-state index in [1.54, 1.807) is 16.8 Å². The summed E-state index contributed by atoms with van der Waals surface area (Å²) in [6.45, 7) is 2.09. The molecule has 0 saturated heterocycles. The van der Waals surface area contributed by atoms with E-state index in [-0.39, 0.29) is 11.7 Å². The SMILES string of the molecule is CCc1ccc(NC(=O)[C@H]2Sc3nnc(-c4ccccc4)n3N[C@H]2c2ccc(F)cc2)cc1. The number of carbonyl (C=O) groups excluding carboxylic acids is 1. The largest absolute Gasteiger partial charge is 0.325 e. The maximum atomic E-state index is 13.6. The summed E-state index contributed by atoms with van der Waals surface area (Å²) in [6.07, 6.45) is 0.933. The molecule has 0 saturated carbocycles. The van der Waals surface area contributed by atoms with Gasteiger partial charge in [-0.05, 0) is 41.8 Å². The van der Waals surface area contributed by atoms with Gasteiger partial charge in [0.2, 0.25) is 11.1 Å². The van der Waals surface area contributed by atoms with E-state index in [9.17, 15) is 9.18 Å². The van der Waals surface area contributed by atoms with Crippen molar-refractivity contribution in [3.05, 3.63) is 95.8 Å². The molecule has 0 fully saturated rings. The van der Waals surface area contributed by atoms with E-state index in [4.69, 9.17) is 0 Å². The van der Waals surface area contributed by atoms with Gasteiger partial charge in [0.25, 0.3) is 0 Å². The number of halogens is 1. The lowest BCUT2D eigenvalue weighted by molar-refractivity contribution is -0.116. The van der Waals surface area contributed by atoms with Gasteiger partial charge in [-0.2, -0.15) is 0 Å². The number of hydrogen-bond acceptors (Lipinski definition) is 5. The molecule has 3 aromatic carbocycles. The second-order valence-corrected chi connectivity index (χ2v) is 8.85. The summed E-state index contributed by atoms with van der Waals surface area (Å²) in [4.78, 5) is 13.4. The quantitative estimate of drug-likeness (QED) is 0.437. The lowest BCUT2D eigenvalue weighted by atomic mass is 10.0. The summed E-state index contributed by atoms with van der Waals surface area (Å²) in [7, 11) is 0. The van der Waals surface area contributed by atoms with Gasteiger partial charge in [-0.15, -0.1) is 10.2 Å². The van der Waals surface area contributed by atoms with E-state index >= 15 is 0 Å². The minimum Gasteiger partial charge on any atom is -0.325 e. The summed E-state index contributed by atoms with van der Waals surface area (Å²) >= 11 is 1.34. The molecule has 2 heterocycles. The van der Waals surface area contributed by atoms with Crippen LogP contribution < -0.4 is 10.7 Å². The topological polar surface area (TPSA) is 71.8 Å². The van der Waals surface area contributed by atoms with Gasteiger partial charge in [-0.1, -0.05) is 73.3 Å². The number of hydrogen-bond donors (Lipinski definition) is 2. The van der Waals surface area contributed by atoms with Crippen molar-refractivity contribution in [1.82, 2.24) is 14.9 Å². The zero-order chi connectivity index (χ0) is 22.8. The molecule has 6 nitrogen and oxygen atoms in total. The third-order valence-corrected chi connectivity index (χ3v) is 6.80. The van der Waals surface area contributed by atoms with E-state index in [0.717, 1.165) is 23.2 Å². The molecule has 0 aliphatic carbocycles. The first-order chi connectivity index (χ1) is 16.1. The summed E-state index contributed by atoms with van der Waals surface area (Å²) in [5.74, 6) is 0.162. The molecule has 4 aromatic rings. The molecule has 2 N–H and O–H groups in total. The summed E-state index contributed by atoms with van der Waals surface area (Å²) in [6, 6.07) is 23.3. The van der Waals surface area contributed by atoms with E-state index in [1.807, 2.05) is 54.6 Å². The number of benzene rings is 3. The fourth-order valence-corrected chi connectivity index (χ4v) is 4.87. The summed E-state index contributed by atoms with van der Waals surface area (Å²) < 4.78 is 15.4. The van der Waals surface area contributed by atoms with Crippen molar-refractivity contribution >= 4 is 23.4 Å². The number of nitrogens with one attached hydrogen (secondary N) is 2. The van der Waals surface area contributed by atoms with Crippen LogP contribution in [0.4, 0.5) is 10.1 Å². The third kappa shape index (κ3) is 4.34. The maximum absolute atomic E-state index is 13.6. The Hall–Kier alpha value is -3.65. The van der Waals surface area contributed by atoms with Crippen LogP contribution in [0, 0.1) is 5.82 Å². The van der Waals surface area contributed by atoms with Crippen molar-refractivity contribution in [2.75, 3.05) is 10.7 Å². The Morgan fingerprint density at radius 1 is 1.03 bits per heavy atom. The normalized spacial score (nSPS) is 17.2. The van der Waals surface area contributed by atoms with Gasteiger partial charge >= 0.3 is 0 Å². The zero-order valence-corrected chi connectivity index (χ0v) is 18.7. The Morgan fingerprint density at radius 3 is 2.45 bits per heavy atom. The molecule has 2 atom stereocenters. The van der Waals surface area contributed by atoms with Gasteiger partial charge < -0.3 is 10.7 Å². The molecule has 166 valence electrons. The average Bonchev–Trinajstić information content (AvgIpc) is 3.28. The molecule has 0 spiro atoms. The predicted octanol–water partition coefficient (Wildman–Crippen LogP) is 5.04.